The van der Waals surface area contributed by atoms with Crippen molar-refractivity contribution >= 4 is 17.6 Å². The standard InChI is InChI=1S/C21H17ClFNO4/c1-12-4-5-13(8-17(12)23)18-10-19(15(11-24-18)21(25)27-3)28-20-9-14(26-2)6-7-16(20)22/h4-11H,1-3H3. The van der Waals surface area contributed by atoms with Crippen LogP contribution in [0.1, 0.15) is 15.9 Å². The molecule has 0 saturated carbocycles. The fourth-order valence-corrected chi connectivity index (χ4v) is 2.66. The highest BCUT2D eigenvalue weighted by molar-refractivity contribution is 6.32. The minimum atomic E-state index is -0.622. The monoisotopic (exact) mass is 401 g/mol. The Bertz CT molecular complexity index is 1040. The van der Waals surface area contributed by atoms with Gasteiger partial charge in [0.05, 0.1) is 24.9 Å². The number of pyridine rings is 1. The van der Waals surface area contributed by atoms with Crippen LogP contribution in [0.3, 0.4) is 0 Å². The summed E-state index contributed by atoms with van der Waals surface area (Å²) in [6.07, 6.45) is 1.32. The van der Waals surface area contributed by atoms with Crippen LogP contribution in [0, 0.1) is 12.7 Å². The first-order valence-corrected chi connectivity index (χ1v) is 8.67. The number of aryl methyl sites for hydroxylation is 1. The van der Waals surface area contributed by atoms with Gasteiger partial charge in [0.1, 0.15) is 28.6 Å². The number of carbonyl (C=O) groups is 1. The number of rotatable bonds is 5. The zero-order chi connectivity index (χ0) is 20.3. The van der Waals surface area contributed by atoms with Gasteiger partial charge in [-0.2, -0.15) is 0 Å². The van der Waals surface area contributed by atoms with Crippen LogP contribution in [0.2, 0.25) is 5.02 Å². The van der Waals surface area contributed by atoms with Crippen molar-refractivity contribution in [1.82, 2.24) is 4.98 Å². The molecule has 0 unspecified atom stereocenters. The molecule has 0 radical (unpaired) electrons. The normalized spacial score (nSPS) is 10.5. The molecule has 0 atom stereocenters. The first-order valence-electron chi connectivity index (χ1n) is 8.29. The molecule has 2 aromatic carbocycles. The van der Waals surface area contributed by atoms with Crippen LogP contribution in [0.5, 0.6) is 17.2 Å². The molecule has 5 nitrogen and oxygen atoms in total. The molecule has 0 saturated heterocycles. The zero-order valence-electron chi connectivity index (χ0n) is 15.5. The Balaban J connectivity index is 2.08. The van der Waals surface area contributed by atoms with E-state index in [0.29, 0.717) is 33.3 Å². The van der Waals surface area contributed by atoms with E-state index in [4.69, 9.17) is 25.8 Å². The van der Waals surface area contributed by atoms with E-state index < -0.39 is 5.97 Å². The minimum Gasteiger partial charge on any atom is -0.497 e. The van der Waals surface area contributed by atoms with Crippen LogP contribution in [0.25, 0.3) is 11.3 Å². The summed E-state index contributed by atoms with van der Waals surface area (Å²) in [5.74, 6) is 0.0260. The van der Waals surface area contributed by atoms with Gasteiger partial charge in [0.15, 0.2) is 0 Å². The van der Waals surface area contributed by atoms with E-state index in [9.17, 15) is 9.18 Å². The molecule has 3 rings (SSSR count). The SMILES string of the molecule is COC(=O)c1cnc(-c2ccc(C)c(F)c2)cc1Oc1cc(OC)ccc1Cl. The summed E-state index contributed by atoms with van der Waals surface area (Å²) in [4.78, 5) is 16.4. The maximum absolute atomic E-state index is 13.9. The van der Waals surface area contributed by atoms with Gasteiger partial charge < -0.3 is 14.2 Å². The average Bonchev–Trinajstić information content (AvgIpc) is 2.71. The van der Waals surface area contributed by atoms with E-state index in [2.05, 4.69) is 4.98 Å². The lowest BCUT2D eigenvalue weighted by Crippen LogP contribution is -2.05. The van der Waals surface area contributed by atoms with Gasteiger partial charge in [-0.15, -0.1) is 0 Å². The van der Waals surface area contributed by atoms with Gasteiger partial charge in [-0.25, -0.2) is 9.18 Å². The molecule has 28 heavy (non-hydrogen) atoms. The smallest absolute Gasteiger partial charge is 0.343 e. The Morgan fingerprint density at radius 3 is 2.54 bits per heavy atom. The number of esters is 1. The van der Waals surface area contributed by atoms with Crippen LogP contribution in [-0.2, 0) is 4.74 Å². The number of hydrogen-bond donors (Lipinski definition) is 0. The molecule has 0 fully saturated rings. The molecule has 0 aliphatic heterocycles. The highest BCUT2D eigenvalue weighted by Crippen LogP contribution is 2.36. The third-order valence-electron chi connectivity index (χ3n) is 4.10. The Hall–Kier alpha value is -3.12. The minimum absolute atomic E-state index is 0.109. The van der Waals surface area contributed by atoms with Crippen LogP contribution in [0.15, 0.2) is 48.7 Å². The van der Waals surface area contributed by atoms with E-state index in [0.717, 1.165) is 0 Å². The number of aromatic nitrogens is 1. The van der Waals surface area contributed by atoms with E-state index in [1.807, 2.05) is 0 Å². The Labute approximate surface area is 166 Å². The highest BCUT2D eigenvalue weighted by atomic mass is 35.5. The summed E-state index contributed by atoms with van der Waals surface area (Å²) in [6.45, 7) is 1.67. The molecule has 0 aliphatic rings. The number of ether oxygens (including phenoxy) is 3. The first kappa shape index (κ1) is 19.6. The predicted octanol–water partition coefficient (Wildman–Crippen LogP) is 5.44. The quantitative estimate of drug-likeness (QED) is 0.533. The lowest BCUT2D eigenvalue weighted by Gasteiger charge is -2.13. The lowest BCUT2D eigenvalue weighted by atomic mass is 10.1. The van der Waals surface area contributed by atoms with Crippen LogP contribution >= 0.6 is 11.6 Å². The Morgan fingerprint density at radius 1 is 1.07 bits per heavy atom. The molecule has 1 heterocycles. The number of carbonyl (C=O) groups excluding carboxylic acids is 1. The fraction of sp³-hybridized carbons (Fsp3) is 0.143. The molecule has 1 aromatic heterocycles. The zero-order valence-corrected chi connectivity index (χ0v) is 16.2. The van der Waals surface area contributed by atoms with Crippen molar-refractivity contribution < 1.29 is 23.4 Å². The summed E-state index contributed by atoms with van der Waals surface area (Å²) in [5, 5.41) is 0.330. The summed E-state index contributed by atoms with van der Waals surface area (Å²) >= 11 is 6.20. The second-order valence-electron chi connectivity index (χ2n) is 5.92. The summed E-state index contributed by atoms with van der Waals surface area (Å²) in [7, 11) is 2.78. The Morgan fingerprint density at radius 2 is 1.86 bits per heavy atom. The van der Waals surface area contributed by atoms with Crippen molar-refractivity contribution in [3.8, 4) is 28.5 Å². The third-order valence-corrected chi connectivity index (χ3v) is 4.41. The molecule has 7 heteroatoms. The molecule has 0 amide bonds. The third kappa shape index (κ3) is 4.07. The number of nitrogens with zero attached hydrogens (tertiary/aromatic N) is 1. The van der Waals surface area contributed by atoms with Gasteiger partial charge in [-0.05, 0) is 30.7 Å². The van der Waals surface area contributed by atoms with Crippen molar-refractivity contribution in [1.29, 1.82) is 0 Å². The van der Waals surface area contributed by atoms with Gasteiger partial charge >= 0.3 is 5.97 Å². The summed E-state index contributed by atoms with van der Waals surface area (Å²) in [6, 6.07) is 11.2. The number of halogens is 2. The second kappa shape index (κ2) is 8.27. The Kier molecular flexibility index (Phi) is 5.80. The maximum atomic E-state index is 13.9. The molecule has 0 aliphatic carbocycles. The molecule has 0 spiro atoms. The van der Waals surface area contributed by atoms with E-state index >= 15 is 0 Å². The second-order valence-corrected chi connectivity index (χ2v) is 6.33. The van der Waals surface area contributed by atoms with Crippen molar-refractivity contribution in [2.45, 2.75) is 6.92 Å². The van der Waals surface area contributed by atoms with Gasteiger partial charge in [-0.3, -0.25) is 4.98 Å². The summed E-state index contributed by atoms with van der Waals surface area (Å²) < 4.78 is 29.8. The molecule has 3 aromatic rings. The van der Waals surface area contributed by atoms with E-state index in [1.54, 1.807) is 37.3 Å². The molecule has 144 valence electrons. The van der Waals surface area contributed by atoms with Gasteiger partial charge in [0, 0.05) is 23.9 Å². The van der Waals surface area contributed by atoms with Gasteiger partial charge in [0.2, 0.25) is 0 Å². The fourth-order valence-electron chi connectivity index (χ4n) is 2.50. The number of hydrogen-bond acceptors (Lipinski definition) is 5. The van der Waals surface area contributed by atoms with Crippen LogP contribution in [-0.4, -0.2) is 25.2 Å². The van der Waals surface area contributed by atoms with Crippen molar-refractivity contribution in [2.24, 2.45) is 0 Å². The largest absolute Gasteiger partial charge is 0.497 e. The number of methoxy groups -OCH3 is 2. The van der Waals surface area contributed by atoms with Crippen molar-refractivity contribution in [3.63, 3.8) is 0 Å². The maximum Gasteiger partial charge on any atom is 0.343 e. The first-order chi connectivity index (χ1) is 13.4. The number of benzene rings is 2. The van der Waals surface area contributed by atoms with E-state index in [-0.39, 0.29) is 17.1 Å². The van der Waals surface area contributed by atoms with Crippen molar-refractivity contribution in [3.05, 3.63) is 70.6 Å². The molecule has 0 bridgehead atoms. The van der Waals surface area contributed by atoms with Gasteiger partial charge in [-0.1, -0.05) is 23.7 Å². The highest BCUT2D eigenvalue weighted by Gasteiger charge is 2.18. The van der Waals surface area contributed by atoms with Crippen LogP contribution < -0.4 is 9.47 Å². The van der Waals surface area contributed by atoms with E-state index in [1.165, 1.54) is 32.5 Å². The average molecular weight is 402 g/mol. The topological polar surface area (TPSA) is 57.7 Å². The molecule has 0 N–H and O–H groups in total. The molecular weight excluding hydrogens is 385 g/mol. The van der Waals surface area contributed by atoms with Gasteiger partial charge in [0.25, 0.3) is 0 Å². The lowest BCUT2D eigenvalue weighted by molar-refractivity contribution is 0.0597. The van der Waals surface area contributed by atoms with Crippen LogP contribution in [0.4, 0.5) is 4.39 Å². The predicted molar refractivity (Wildman–Crippen MR) is 104 cm³/mol. The van der Waals surface area contributed by atoms with Crippen molar-refractivity contribution in [2.75, 3.05) is 14.2 Å². The summed E-state index contributed by atoms with van der Waals surface area (Å²) in [5.41, 5.74) is 1.61. The molecular formula is C21H17ClFNO4.